The Balaban J connectivity index is 1.48. The fourth-order valence-electron chi connectivity index (χ4n) is 3.66. The summed E-state index contributed by atoms with van der Waals surface area (Å²) in [4.78, 5) is 6.54. The normalized spacial score (nSPS) is 21.0. The number of hydrogen-bond acceptors (Lipinski definition) is 3. The van der Waals surface area contributed by atoms with Crippen molar-refractivity contribution in [2.75, 3.05) is 20.2 Å². The van der Waals surface area contributed by atoms with Gasteiger partial charge in [0.15, 0.2) is 0 Å². The molecule has 1 fully saturated rings. The molecule has 0 radical (unpaired) electrons. The highest BCUT2D eigenvalue weighted by Crippen LogP contribution is 2.30. The molecule has 0 aliphatic carbocycles. The molecular formula is C20H23N2OS+. The highest BCUT2D eigenvalue weighted by atomic mass is 32.1. The van der Waals surface area contributed by atoms with Crippen LogP contribution in [0.4, 0.5) is 0 Å². The van der Waals surface area contributed by atoms with Crippen molar-refractivity contribution in [2.24, 2.45) is 0 Å². The zero-order chi connectivity index (χ0) is 16.4. The smallest absolute Gasteiger partial charge is 0.119 e. The van der Waals surface area contributed by atoms with Gasteiger partial charge in [0.1, 0.15) is 17.3 Å². The number of nitrogens with zero attached hydrogens (tertiary/aromatic N) is 1. The summed E-state index contributed by atoms with van der Waals surface area (Å²) in [6, 6.07) is 16.9. The second kappa shape index (κ2) is 6.91. The molecule has 1 aromatic heterocycles. The minimum absolute atomic E-state index is 0.594. The standard InChI is InChI=1S/C20H22N2OS/c1-23-17-8-4-6-15(12-17)13-22-11-5-7-16(14-22)20-21-18-9-2-3-10-19(18)24-20/h2-4,6,8-10,12,16H,5,7,11,13-14H2,1H3/p+1/t16-/m0/s1. The molecule has 24 heavy (non-hydrogen) atoms. The second-order valence-corrected chi connectivity index (χ2v) is 7.65. The quantitative estimate of drug-likeness (QED) is 0.790. The number of hydrogen-bond donors (Lipinski definition) is 1. The van der Waals surface area contributed by atoms with Crippen molar-refractivity contribution in [3.05, 3.63) is 59.1 Å². The molecule has 0 bridgehead atoms. The first kappa shape index (κ1) is 15.6. The van der Waals surface area contributed by atoms with Crippen LogP contribution in [-0.4, -0.2) is 25.2 Å². The zero-order valence-corrected chi connectivity index (χ0v) is 14.8. The third kappa shape index (κ3) is 3.30. The van der Waals surface area contributed by atoms with Crippen LogP contribution >= 0.6 is 11.3 Å². The Kier molecular flexibility index (Phi) is 4.50. The van der Waals surface area contributed by atoms with Crippen LogP contribution in [0.2, 0.25) is 0 Å². The van der Waals surface area contributed by atoms with Gasteiger partial charge in [0.2, 0.25) is 0 Å². The summed E-state index contributed by atoms with van der Waals surface area (Å²) in [5.41, 5.74) is 2.51. The van der Waals surface area contributed by atoms with E-state index in [1.165, 1.54) is 41.2 Å². The molecule has 4 rings (SSSR count). The number of aromatic nitrogens is 1. The molecular weight excluding hydrogens is 316 g/mol. The van der Waals surface area contributed by atoms with E-state index in [1.54, 1.807) is 12.0 Å². The third-order valence-corrected chi connectivity index (χ3v) is 6.06. The van der Waals surface area contributed by atoms with Crippen LogP contribution in [0.1, 0.15) is 29.3 Å². The molecule has 1 saturated heterocycles. The van der Waals surface area contributed by atoms with Gasteiger partial charge >= 0.3 is 0 Å². The van der Waals surface area contributed by atoms with E-state index in [0.717, 1.165) is 17.8 Å². The molecule has 1 unspecified atom stereocenters. The Bertz CT molecular complexity index is 796. The number of ether oxygens (including phenoxy) is 1. The van der Waals surface area contributed by atoms with Gasteiger partial charge in [-0.15, -0.1) is 11.3 Å². The number of likely N-dealkylation sites (tertiary alicyclic amines) is 1. The lowest BCUT2D eigenvalue weighted by molar-refractivity contribution is -0.920. The third-order valence-electron chi connectivity index (χ3n) is 4.87. The van der Waals surface area contributed by atoms with Gasteiger partial charge in [-0.2, -0.15) is 0 Å². The van der Waals surface area contributed by atoms with E-state index in [4.69, 9.17) is 9.72 Å². The summed E-state index contributed by atoms with van der Waals surface area (Å²) >= 11 is 1.87. The summed E-state index contributed by atoms with van der Waals surface area (Å²) < 4.78 is 6.66. The van der Waals surface area contributed by atoms with Gasteiger partial charge in [-0.1, -0.05) is 24.3 Å². The maximum atomic E-state index is 5.35. The number of thiazole rings is 1. The zero-order valence-electron chi connectivity index (χ0n) is 14.0. The first-order chi connectivity index (χ1) is 11.8. The van der Waals surface area contributed by atoms with Crippen molar-refractivity contribution in [1.29, 1.82) is 0 Å². The van der Waals surface area contributed by atoms with E-state index in [2.05, 4.69) is 42.5 Å². The molecule has 1 aliphatic heterocycles. The van der Waals surface area contributed by atoms with Crippen LogP contribution in [0, 0.1) is 0 Å². The van der Waals surface area contributed by atoms with Gasteiger partial charge in [0.05, 0.1) is 36.3 Å². The first-order valence-electron chi connectivity index (χ1n) is 8.64. The van der Waals surface area contributed by atoms with Gasteiger partial charge in [-0.25, -0.2) is 4.98 Å². The summed E-state index contributed by atoms with van der Waals surface area (Å²) in [6.07, 6.45) is 2.54. The molecule has 0 amide bonds. The number of nitrogens with one attached hydrogen (secondary N) is 1. The number of quaternary nitrogens is 1. The van der Waals surface area contributed by atoms with E-state index in [-0.39, 0.29) is 0 Å². The van der Waals surface area contributed by atoms with Crippen LogP contribution < -0.4 is 9.64 Å². The number of methoxy groups -OCH3 is 1. The molecule has 1 aliphatic rings. The predicted molar refractivity (Wildman–Crippen MR) is 99.0 cm³/mol. The van der Waals surface area contributed by atoms with Gasteiger partial charge in [0.25, 0.3) is 0 Å². The molecule has 3 nitrogen and oxygen atoms in total. The van der Waals surface area contributed by atoms with Crippen LogP contribution in [0.3, 0.4) is 0 Å². The van der Waals surface area contributed by atoms with E-state index in [0.29, 0.717) is 5.92 Å². The molecule has 2 atom stereocenters. The fraction of sp³-hybridized carbons (Fsp3) is 0.350. The van der Waals surface area contributed by atoms with Crippen LogP contribution in [0.15, 0.2) is 48.5 Å². The summed E-state index contributed by atoms with van der Waals surface area (Å²) in [7, 11) is 1.73. The molecule has 1 N–H and O–H groups in total. The Hall–Kier alpha value is -1.91. The highest BCUT2D eigenvalue weighted by Gasteiger charge is 2.27. The first-order valence-corrected chi connectivity index (χ1v) is 9.45. The fourth-order valence-corrected chi connectivity index (χ4v) is 4.76. The largest absolute Gasteiger partial charge is 0.497 e. The van der Waals surface area contributed by atoms with Crippen molar-refractivity contribution in [3.8, 4) is 5.75 Å². The Morgan fingerprint density at radius 1 is 1.21 bits per heavy atom. The van der Waals surface area contributed by atoms with E-state index in [1.807, 2.05) is 17.4 Å². The van der Waals surface area contributed by atoms with E-state index >= 15 is 0 Å². The van der Waals surface area contributed by atoms with Crippen molar-refractivity contribution < 1.29 is 9.64 Å². The summed E-state index contributed by atoms with van der Waals surface area (Å²) in [6.45, 7) is 3.49. The molecule has 0 saturated carbocycles. The number of rotatable bonds is 4. The molecule has 4 heteroatoms. The van der Waals surface area contributed by atoms with Gasteiger partial charge < -0.3 is 9.64 Å². The molecule has 3 aromatic rings. The predicted octanol–water partition coefficient (Wildman–Crippen LogP) is 3.27. The van der Waals surface area contributed by atoms with E-state index in [9.17, 15) is 0 Å². The van der Waals surface area contributed by atoms with Crippen LogP contribution in [-0.2, 0) is 6.54 Å². The maximum Gasteiger partial charge on any atom is 0.119 e. The lowest BCUT2D eigenvalue weighted by Gasteiger charge is -2.29. The van der Waals surface area contributed by atoms with Crippen LogP contribution in [0.25, 0.3) is 10.2 Å². The number of piperidine rings is 1. The van der Waals surface area contributed by atoms with Gasteiger partial charge in [-0.05, 0) is 37.1 Å². The minimum atomic E-state index is 0.594. The molecule has 2 aromatic carbocycles. The maximum absolute atomic E-state index is 5.35. The number of benzene rings is 2. The van der Waals surface area contributed by atoms with Crippen molar-refractivity contribution in [1.82, 2.24) is 4.98 Å². The van der Waals surface area contributed by atoms with Gasteiger partial charge in [-0.3, -0.25) is 0 Å². The second-order valence-electron chi connectivity index (χ2n) is 6.59. The Labute approximate surface area is 146 Å². The lowest BCUT2D eigenvalue weighted by Crippen LogP contribution is -3.12. The summed E-state index contributed by atoms with van der Waals surface area (Å²) in [5.74, 6) is 1.54. The number of para-hydroxylation sites is 1. The minimum Gasteiger partial charge on any atom is -0.497 e. The average Bonchev–Trinajstić information content (AvgIpc) is 3.06. The Morgan fingerprint density at radius 3 is 3.00 bits per heavy atom. The summed E-state index contributed by atoms with van der Waals surface area (Å²) in [5, 5.41) is 1.32. The van der Waals surface area contributed by atoms with Crippen molar-refractivity contribution in [3.63, 3.8) is 0 Å². The monoisotopic (exact) mass is 339 g/mol. The highest BCUT2D eigenvalue weighted by molar-refractivity contribution is 7.18. The molecule has 2 heterocycles. The van der Waals surface area contributed by atoms with Crippen LogP contribution in [0.5, 0.6) is 5.75 Å². The average molecular weight is 339 g/mol. The number of fused-ring (bicyclic) bond motifs is 1. The van der Waals surface area contributed by atoms with E-state index < -0.39 is 0 Å². The van der Waals surface area contributed by atoms with Gasteiger partial charge in [0, 0.05) is 5.56 Å². The topological polar surface area (TPSA) is 26.6 Å². The van der Waals surface area contributed by atoms with Crippen molar-refractivity contribution >= 4 is 21.6 Å². The molecule has 0 spiro atoms. The molecule has 124 valence electrons. The van der Waals surface area contributed by atoms with Crippen molar-refractivity contribution in [2.45, 2.75) is 25.3 Å². The SMILES string of the molecule is COc1cccc(C[NH+]2CCC[C@H](c3nc4ccccc4s3)C2)c1. The lowest BCUT2D eigenvalue weighted by atomic mass is 9.98. The Morgan fingerprint density at radius 2 is 2.12 bits per heavy atom.